The van der Waals surface area contributed by atoms with Gasteiger partial charge in [0.2, 0.25) is 0 Å². The second kappa shape index (κ2) is 7.32. The Labute approximate surface area is 149 Å². The Hall–Kier alpha value is -2.92. The fourth-order valence-corrected chi connectivity index (χ4v) is 2.54. The third-order valence-corrected chi connectivity index (χ3v) is 3.99. The van der Waals surface area contributed by atoms with Crippen LogP contribution >= 0.6 is 11.6 Å². The second-order valence-electron chi connectivity index (χ2n) is 5.59. The number of halogens is 1. The van der Waals surface area contributed by atoms with Gasteiger partial charge in [0.25, 0.3) is 11.5 Å². The first-order valence-corrected chi connectivity index (χ1v) is 8.14. The van der Waals surface area contributed by atoms with E-state index in [0.717, 1.165) is 11.1 Å². The van der Waals surface area contributed by atoms with Gasteiger partial charge in [-0.25, -0.2) is 4.98 Å². The van der Waals surface area contributed by atoms with E-state index in [-0.39, 0.29) is 17.3 Å². The Bertz CT molecular complexity index is 937. The van der Waals surface area contributed by atoms with E-state index in [4.69, 9.17) is 11.6 Å². The Kier molecular flexibility index (Phi) is 4.95. The number of hydrogen-bond acceptors (Lipinski definition) is 3. The van der Waals surface area contributed by atoms with Crippen LogP contribution in [0.1, 0.15) is 29.0 Å². The minimum Gasteiger partial charge on any atom is -0.344 e. The van der Waals surface area contributed by atoms with Crippen LogP contribution in [0.3, 0.4) is 0 Å². The van der Waals surface area contributed by atoms with Gasteiger partial charge < -0.3 is 10.3 Å². The van der Waals surface area contributed by atoms with Gasteiger partial charge in [0.1, 0.15) is 11.5 Å². The van der Waals surface area contributed by atoms with Crippen LogP contribution in [0.5, 0.6) is 0 Å². The van der Waals surface area contributed by atoms with Crippen molar-refractivity contribution in [3.63, 3.8) is 0 Å². The molecular formula is C19H16ClN3O2. The minimum absolute atomic E-state index is 0.0726. The van der Waals surface area contributed by atoms with Gasteiger partial charge in [0.05, 0.1) is 6.04 Å². The van der Waals surface area contributed by atoms with Crippen LogP contribution in [0.4, 0.5) is 0 Å². The summed E-state index contributed by atoms with van der Waals surface area (Å²) in [7, 11) is 0. The molecule has 25 heavy (non-hydrogen) atoms. The minimum atomic E-state index is -0.411. The van der Waals surface area contributed by atoms with Crippen molar-refractivity contribution in [2.24, 2.45) is 0 Å². The number of rotatable bonds is 4. The highest BCUT2D eigenvalue weighted by Gasteiger charge is 2.15. The zero-order chi connectivity index (χ0) is 17.8. The average molecular weight is 354 g/mol. The lowest BCUT2D eigenvalue weighted by molar-refractivity contribution is 0.0934. The summed E-state index contributed by atoms with van der Waals surface area (Å²) in [6.07, 6.45) is 0. The molecular weight excluding hydrogens is 338 g/mol. The molecule has 3 rings (SSSR count). The molecule has 0 spiro atoms. The van der Waals surface area contributed by atoms with E-state index in [9.17, 15) is 9.59 Å². The zero-order valence-electron chi connectivity index (χ0n) is 13.5. The Morgan fingerprint density at radius 3 is 2.48 bits per heavy atom. The topological polar surface area (TPSA) is 74.8 Å². The number of nitrogens with zero attached hydrogens (tertiary/aromatic N) is 1. The molecule has 0 bridgehead atoms. The van der Waals surface area contributed by atoms with Gasteiger partial charge in [-0.15, -0.1) is 0 Å². The molecule has 1 atom stereocenters. The van der Waals surface area contributed by atoms with Crippen LogP contribution in [-0.4, -0.2) is 15.9 Å². The van der Waals surface area contributed by atoms with Gasteiger partial charge in [-0.3, -0.25) is 9.59 Å². The van der Waals surface area contributed by atoms with Crippen LogP contribution in [0.2, 0.25) is 5.02 Å². The Balaban J connectivity index is 1.83. The first-order valence-electron chi connectivity index (χ1n) is 7.76. The van der Waals surface area contributed by atoms with Gasteiger partial charge in [0.15, 0.2) is 0 Å². The zero-order valence-corrected chi connectivity index (χ0v) is 14.2. The predicted octanol–water partition coefficient (Wildman–Crippen LogP) is 3.58. The Morgan fingerprint density at radius 2 is 1.80 bits per heavy atom. The summed E-state index contributed by atoms with van der Waals surface area (Å²) in [5.41, 5.74) is 1.34. The first kappa shape index (κ1) is 16.9. The first-order chi connectivity index (χ1) is 12.0. The van der Waals surface area contributed by atoms with Crippen molar-refractivity contribution in [3.05, 3.63) is 87.3 Å². The summed E-state index contributed by atoms with van der Waals surface area (Å²) in [6.45, 7) is 1.85. The number of aromatic nitrogens is 2. The molecule has 0 saturated carbocycles. The third-order valence-electron chi connectivity index (χ3n) is 3.74. The summed E-state index contributed by atoms with van der Waals surface area (Å²) < 4.78 is 0. The number of nitrogens with one attached hydrogen (secondary N) is 2. The van der Waals surface area contributed by atoms with Crippen LogP contribution in [0.15, 0.2) is 65.5 Å². The monoisotopic (exact) mass is 353 g/mol. The summed E-state index contributed by atoms with van der Waals surface area (Å²) in [4.78, 5) is 31.3. The van der Waals surface area contributed by atoms with E-state index >= 15 is 0 Å². The van der Waals surface area contributed by atoms with Crippen molar-refractivity contribution >= 4 is 17.5 Å². The molecule has 5 nitrogen and oxygen atoms in total. The maximum atomic E-state index is 12.5. The molecule has 0 radical (unpaired) electrons. The lowest BCUT2D eigenvalue weighted by Crippen LogP contribution is -2.29. The average Bonchev–Trinajstić information content (AvgIpc) is 2.62. The van der Waals surface area contributed by atoms with Crippen LogP contribution in [0.25, 0.3) is 11.4 Å². The normalized spacial score (nSPS) is 11.8. The molecule has 2 aromatic carbocycles. The highest BCUT2D eigenvalue weighted by Crippen LogP contribution is 2.17. The van der Waals surface area contributed by atoms with E-state index in [1.165, 1.54) is 6.07 Å². The van der Waals surface area contributed by atoms with Crippen LogP contribution in [-0.2, 0) is 0 Å². The van der Waals surface area contributed by atoms with E-state index in [1.54, 1.807) is 12.1 Å². The van der Waals surface area contributed by atoms with Crippen molar-refractivity contribution in [1.82, 2.24) is 15.3 Å². The summed E-state index contributed by atoms with van der Waals surface area (Å²) in [5.74, 6) is -0.0527. The molecule has 0 aliphatic heterocycles. The lowest BCUT2D eigenvalue weighted by Gasteiger charge is -2.14. The molecule has 1 heterocycles. The number of hydrogen-bond donors (Lipinski definition) is 2. The lowest BCUT2D eigenvalue weighted by atomic mass is 10.1. The van der Waals surface area contributed by atoms with Gasteiger partial charge >= 0.3 is 0 Å². The molecule has 0 aliphatic carbocycles. The maximum Gasteiger partial charge on any atom is 0.270 e. The van der Waals surface area contributed by atoms with Gasteiger partial charge in [-0.2, -0.15) is 0 Å². The Morgan fingerprint density at radius 1 is 1.12 bits per heavy atom. The smallest absolute Gasteiger partial charge is 0.270 e. The number of aromatic amines is 1. The number of benzene rings is 2. The highest BCUT2D eigenvalue weighted by molar-refractivity contribution is 6.30. The van der Waals surface area contributed by atoms with E-state index in [2.05, 4.69) is 15.3 Å². The summed E-state index contributed by atoms with van der Waals surface area (Å²) >= 11 is 5.88. The molecule has 0 fully saturated rings. The second-order valence-corrected chi connectivity index (χ2v) is 6.03. The van der Waals surface area contributed by atoms with Crippen molar-refractivity contribution in [1.29, 1.82) is 0 Å². The summed E-state index contributed by atoms with van der Waals surface area (Å²) in [6, 6.07) is 17.3. The fourth-order valence-electron chi connectivity index (χ4n) is 2.41. The van der Waals surface area contributed by atoms with Crippen LogP contribution < -0.4 is 10.9 Å². The van der Waals surface area contributed by atoms with Crippen LogP contribution in [0, 0.1) is 0 Å². The SMILES string of the molecule is C[C@@H](NC(=O)c1cc(=O)[nH]c(-c2ccccc2)n1)c1ccc(Cl)cc1. The molecule has 1 aromatic heterocycles. The van der Waals surface area contributed by atoms with Crippen molar-refractivity contribution in [2.75, 3.05) is 0 Å². The van der Waals surface area contributed by atoms with Crippen molar-refractivity contribution in [3.8, 4) is 11.4 Å². The number of amides is 1. The standard InChI is InChI=1S/C19H16ClN3O2/c1-12(13-7-9-15(20)10-8-13)21-19(25)16-11-17(24)23-18(22-16)14-5-3-2-4-6-14/h2-12H,1H3,(H,21,25)(H,22,23,24)/t12-/m1/s1. The molecule has 0 saturated heterocycles. The fraction of sp³-hybridized carbons (Fsp3) is 0.105. The van der Waals surface area contributed by atoms with Gasteiger partial charge in [-0.1, -0.05) is 54.1 Å². The van der Waals surface area contributed by atoms with Crippen molar-refractivity contribution in [2.45, 2.75) is 13.0 Å². The van der Waals surface area contributed by atoms with E-state index < -0.39 is 5.91 Å². The van der Waals surface area contributed by atoms with E-state index in [0.29, 0.717) is 10.8 Å². The third kappa shape index (κ3) is 4.14. The molecule has 0 aliphatic rings. The van der Waals surface area contributed by atoms with Gasteiger partial charge in [-0.05, 0) is 24.6 Å². The summed E-state index contributed by atoms with van der Waals surface area (Å²) in [5, 5.41) is 3.47. The largest absolute Gasteiger partial charge is 0.344 e. The van der Waals surface area contributed by atoms with E-state index in [1.807, 2.05) is 49.4 Å². The predicted molar refractivity (Wildman–Crippen MR) is 97.6 cm³/mol. The molecule has 1 amide bonds. The van der Waals surface area contributed by atoms with Gasteiger partial charge in [0, 0.05) is 16.7 Å². The quantitative estimate of drug-likeness (QED) is 0.752. The number of carbonyl (C=O) groups is 1. The number of H-pyrrole nitrogens is 1. The molecule has 0 unspecified atom stereocenters. The van der Waals surface area contributed by atoms with Crippen molar-refractivity contribution < 1.29 is 4.79 Å². The molecule has 3 aromatic rings. The molecule has 2 N–H and O–H groups in total. The molecule has 126 valence electrons. The number of carbonyl (C=O) groups excluding carboxylic acids is 1. The molecule has 6 heteroatoms. The maximum absolute atomic E-state index is 12.5. The highest BCUT2D eigenvalue weighted by atomic mass is 35.5.